The smallest absolute Gasteiger partial charge is 0.238 e. The van der Waals surface area contributed by atoms with Gasteiger partial charge in [-0.1, -0.05) is 0 Å². The first kappa shape index (κ1) is 17.6. The molecule has 0 aromatic heterocycles. The molecule has 1 aliphatic heterocycles. The summed E-state index contributed by atoms with van der Waals surface area (Å²) in [4.78, 5) is 13.7. The number of nitrogens with one attached hydrogen (secondary N) is 1. The van der Waals surface area contributed by atoms with Crippen LogP contribution in [0.3, 0.4) is 0 Å². The van der Waals surface area contributed by atoms with Gasteiger partial charge in [0.2, 0.25) is 15.9 Å². The van der Waals surface area contributed by atoms with Crippen molar-refractivity contribution >= 4 is 28.3 Å². The van der Waals surface area contributed by atoms with Crippen LogP contribution in [0.2, 0.25) is 0 Å². The molecule has 1 amide bonds. The van der Waals surface area contributed by atoms with Crippen LogP contribution in [-0.2, 0) is 14.8 Å². The number of hydrogen-bond acceptors (Lipinski definition) is 4. The summed E-state index contributed by atoms with van der Waals surface area (Å²) in [7, 11) is -1.83. The third kappa shape index (κ3) is 4.38. The quantitative estimate of drug-likeness (QED) is 0.760. The molecule has 1 N–H and O–H groups in total. The predicted octanol–water partition coefficient (Wildman–Crippen LogP) is -0.490. The Morgan fingerprint density at radius 3 is 2.61 bits per heavy atom. The lowest BCUT2D eigenvalue weighted by Crippen LogP contribution is -2.54. The molecule has 1 aliphatic rings. The van der Waals surface area contributed by atoms with E-state index in [2.05, 4.69) is 5.32 Å². The first-order valence-corrected chi connectivity index (χ1v) is 7.43. The highest BCUT2D eigenvalue weighted by Gasteiger charge is 2.26. The topological polar surface area (TPSA) is 69.7 Å². The second-order valence-corrected chi connectivity index (χ2v) is 6.66. The van der Waals surface area contributed by atoms with Crippen LogP contribution in [0.1, 0.15) is 13.8 Å². The highest BCUT2D eigenvalue weighted by atomic mass is 35.5. The molecule has 1 rings (SSSR count). The second kappa shape index (κ2) is 7.28. The molecular formula is C10H22ClN3O3S. The Kier molecular flexibility index (Phi) is 7.13. The van der Waals surface area contributed by atoms with Gasteiger partial charge in [-0.15, -0.1) is 12.4 Å². The number of hydrogen-bond donors (Lipinski definition) is 1. The van der Waals surface area contributed by atoms with Gasteiger partial charge in [0, 0.05) is 32.7 Å². The van der Waals surface area contributed by atoms with Crippen LogP contribution >= 0.6 is 12.4 Å². The zero-order valence-corrected chi connectivity index (χ0v) is 12.7. The zero-order chi connectivity index (χ0) is 13.1. The molecule has 0 aromatic carbocycles. The normalized spacial score (nSPS) is 20.7. The van der Waals surface area contributed by atoms with Crippen molar-refractivity contribution in [1.29, 1.82) is 0 Å². The van der Waals surface area contributed by atoms with Gasteiger partial charge in [0.1, 0.15) is 0 Å². The van der Waals surface area contributed by atoms with Crippen LogP contribution in [0, 0.1) is 0 Å². The maximum atomic E-state index is 12.0. The summed E-state index contributed by atoms with van der Waals surface area (Å²) in [6.07, 6.45) is 0. The van der Waals surface area contributed by atoms with Crippen LogP contribution in [0.5, 0.6) is 0 Å². The van der Waals surface area contributed by atoms with Crippen molar-refractivity contribution in [1.82, 2.24) is 14.5 Å². The Hall–Kier alpha value is -0.370. The zero-order valence-electron chi connectivity index (χ0n) is 11.0. The van der Waals surface area contributed by atoms with E-state index in [1.807, 2.05) is 6.92 Å². The van der Waals surface area contributed by atoms with Crippen LogP contribution in [0.15, 0.2) is 0 Å². The monoisotopic (exact) mass is 299 g/mol. The van der Waals surface area contributed by atoms with E-state index in [1.54, 1.807) is 11.8 Å². The van der Waals surface area contributed by atoms with E-state index in [-0.39, 0.29) is 36.7 Å². The van der Waals surface area contributed by atoms with E-state index < -0.39 is 10.0 Å². The van der Waals surface area contributed by atoms with Crippen molar-refractivity contribution in [2.24, 2.45) is 0 Å². The van der Waals surface area contributed by atoms with Crippen LogP contribution in [-0.4, -0.2) is 68.6 Å². The standard InChI is InChI=1S/C10H21N3O3S.ClH/c1-4-17(15,16)12(3)8-10(14)13-6-5-11-7-9(13)2;/h9,11H,4-8H2,1-3H3;1H/t9-;/m1./s1. The van der Waals surface area contributed by atoms with Crippen molar-refractivity contribution in [2.75, 3.05) is 39.0 Å². The molecule has 6 nitrogen and oxygen atoms in total. The first-order chi connectivity index (χ1) is 7.88. The number of halogens is 1. The van der Waals surface area contributed by atoms with Gasteiger partial charge in [0.25, 0.3) is 0 Å². The number of piperazine rings is 1. The average Bonchev–Trinajstić information content (AvgIpc) is 2.29. The third-order valence-corrected chi connectivity index (χ3v) is 4.83. The highest BCUT2D eigenvalue weighted by Crippen LogP contribution is 2.05. The maximum absolute atomic E-state index is 12.0. The third-order valence-electron chi connectivity index (χ3n) is 3.02. The Morgan fingerprint density at radius 1 is 1.50 bits per heavy atom. The van der Waals surface area contributed by atoms with Gasteiger partial charge in [-0.05, 0) is 13.8 Å². The minimum Gasteiger partial charge on any atom is -0.336 e. The van der Waals surface area contributed by atoms with E-state index in [1.165, 1.54) is 7.05 Å². The lowest BCUT2D eigenvalue weighted by Gasteiger charge is -2.34. The summed E-state index contributed by atoms with van der Waals surface area (Å²) < 4.78 is 24.2. The minimum atomic E-state index is -3.28. The fourth-order valence-electron chi connectivity index (χ4n) is 1.81. The number of likely N-dealkylation sites (N-methyl/N-ethyl adjacent to an activating group) is 1. The van der Waals surface area contributed by atoms with Gasteiger partial charge < -0.3 is 10.2 Å². The molecule has 0 spiro atoms. The molecule has 0 aromatic rings. The fourth-order valence-corrected chi connectivity index (χ4v) is 2.56. The van der Waals surface area contributed by atoms with Crippen LogP contribution in [0.4, 0.5) is 0 Å². The second-order valence-electron chi connectivity index (χ2n) is 4.30. The highest BCUT2D eigenvalue weighted by molar-refractivity contribution is 7.89. The van der Waals surface area contributed by atoms with E-state index in [4.69, 9.17) is 0 Å². The molecule has 1 atom stereocenters. The lowest BCUT2D eigenvalue weighted by molar-refractivity contribution is -0.133. The molecule has 8 heteroatoms. The summed E-state index contributed by atoms with van der Waals surface area (Å²) in [6.45, 7) is 5.62. The number of nitrogens with zero attached hydrogens (tertiary/aromatic N) is 2. The van der Waals surface area contributed by atoms with Crippen LogP contribution < -0.4 is 5.32 Å². The van der Waals surface area contributed by atoms with Crippen molar-refractivity contribution in [3.63, 3.8) is 0 Å². The SMILES string of the molecule is CCS(=O)(=O)N(C)CC(=O)N1CCNC[C@H]1C.Cl. The maximum Gasteiger partial charge on any atom is 0.238 e. The van der Waals surface area contributed by atoms with E-state index in [0.717, 1.165) is 17.4 Å². The van der Waals surface area contributed by atoms with Gasteiger partial charge in [0.05, 0.1) is 12.3 Å². The molecule has 108 valence electrons. The molecule has 1 heterocycles. The summed E-state index contributed by atoms with van der Waals surface area (Å²) in [5.74, 6) is -0.105. The fraction of sp³-hybridized carbons (Fsp3) is 0.900. The number of carbonyl (C=O) groups is 1. The summed E-state index contributed by atoms with van der Waals surface area (Å²) in [5.41, 5.74) is 0. The van der Waals surface area contributed by atoms with Gasteiger partial charge in [0.15, 0.2) is 0 Å². The average molecular weight is 300 g/mol. The first-order valence-electron chi connectivity index (χ1n) is 5.82. The van der Waals surface area contributed by atoms with E-state index in [9.17, 15) is 13.2 Å². The number of rotatable bonds is 4. The molecule has 0 bridgehead atoms. The summed E-state index contributed by atoms with van der Waals surface area (Å²) in [5, 5.41) is 3.19. The predicted molar refractivity (Wildman–Crippen MR) is 73.4 cm³/mol. The summed E-state index contributed by atoms with van der Waals surface area (Å²) >= 11 is 0. The van der Waals surface area contributed by atoms with Gasteiger partial charge in [-0.25, -0.2) is 8.42 Å². The molecule has 1 fully saturated rings. The van der Waals surface area contributed by atoms with Crippen molar-refractivity contribution in [3.8, 4) is 0 Å². The Morgan fingerprint density at radius 2 is 2.11 bits per heavy atom. The molecular weight excluding hydrogens is 278 g/mol. The number of amides is 1. The Labute approximate surface area is 115 Å². The van der Waals surface area contributed by atoms with E-state index >= 15 is 0 Å². The molecule has 0 unspecified atom stereocenters. The van der Waals surface area contributed by atoms with Crippen molar-refractivity contribution in [3.05, 3.63) is 0 Å². The van der Waals surface area contributed by atoms with Crippen molar-refractivity contribution < 1.29 is 13.2 Å². The molecule has 1 saturated heterocycles. The van der Waals surface area contributed by atoms with Crippen LogP contribution in [0.25, 0.3) is 0 Å². The van der Waals surface area contributed by atoms with Gasteiger partial charge >= 0.3 is 0 Å². The number of sulfonamides is 1. The minimum absolute atomic E-state index is 0. The molecule has 0 radical (unpaired) electrons. The van der Waals surface area contributed by atoms with Gasteiger partial charge in [-0.3, -0.25) is 4.79 Å². The Balaban J connectivity index is 0.00000289. The largest absolute Gasteiger partial charge is 0.336 e. The number of carbonyl (C=O) groups excluding carboxylic acids is 1. The lowest BCUT2D eigenvalue weighted by atomic mass is 10.2. The molecule has 0 aliphatic carbocycles. The molecule has 18 heavy (non-hydrogen) atoms. The van der Waals surface area contributed by atoms with Gasteiger partial charge in [-0.2, -0.15) is 4.31 Å². The van der Waals surface area contributed by atoms with Crippen molar-refractivity contribution in [2.45, 2.75) is 19.9 Å². The van der Waals surface area contributed by atoms with E-state index in [0.29, 0.717) is 6.54 Å². The molecule has 0 saturated carbocycles. The Bertz CT molecular complexity index is 375. The summed E-state index contributed by atoms with van der Waals surface area (Å²) in [6, 6.07) is 0.119.